The Morgan fingerprint density at radius 3 is 2.42 bits per heavy atom. The first-order valence-corrected chi connectivity index (χ1v) is 18.7. The Labute approximate surface area is 326 Å². The van der Waals surface area contributed by atoms with Crippen LogP contribution in [0, 0.1) is 31.0 Å². The zero-order chi connectivity index (χ0) is 38.8. The molecule has 5 aromatic rings. The number of nitrogens with zero attached hydrogens (tertiary/aromatic N) is 5. The van der Waals surface area contributed by atoms with Crippen molar-refractivity contribution >= 4 is 29.1 Å². The summed E-state index contributed by atoms with van der Waals surface area (Å²) >= 11 is 6.46. The van der Waals surface area contributed by atoms with Gasteiger partial charge in [0.25, 0.3) is 11.8 Å². The summed E-state index contributed by atoms with van der Waals surface area (Å²) in [5.41, 5.74) is 7.32. The molecule has 2 amide bonds. The van der Waals surface area contributed by atoms with Gasteiger partial charge in [0.05, 0.1) is 54.7 Å². The van der Waals surface area contributed by atoms with Gasteiger partial charge in [0, 0.05) is 61.9 Å². The molecule has 282 valence electrons. The molecular formula is C44H43ClFN5O4. The number of hydrogen-bond acceptors (Lipinski definition) is 6. The number of methoxy groups -OCH3 is 1. The van der Waals surface area contributed by atoms with Crippen LogP contribution in [0.3, 0.4) is 0 Å². The van der Waals surface area contributed by atoms with Gasteiger partial charge in [-0.15, -0.1) is 0 Å². The number of amides is 2. The lowest BCUT2D eigenvalue weighted by molar-refractivity contribution is 0.0193. The number of fused-ring (bicyclic) bond motifs is 1. The third-order valence-electron chi connectivity index (χ3n) is 11.0. The maximum atomic E-state index is 15.4. The zero-order valence-electron chi connectivity index (χ0n) is 31.4. The van der Waals surface area contributed by atoms with E-state index in [2.05, 4.69) is 17.0 Å². The van der Waals surface area contributed by atoms with E-state index in [0.29, 0.717) is 72.2 Å². The van der Waals surface area contributed by atoms with E-state index in [1.807, 2.05) is 66.8 Å². The fourth-order valence-electron chi connectivity index (χ4n) is 7.70. The van der Waals surface area contributed by atoms with Gasteiger partial charge in [-0.2, -0.15) is 5.26 Å². The fourth-order valence-corrected chi connectivity index (χ4v) is 7.86. The molecule has 55 heavy (non-hydrogen) atoms. The zero-order valence-corrected chi connectivity index (χ0v) is 32.2. The number of nitriles is 1. The normalized spacial score (nSPS) is 15.7. The SMILES string of the molecule is COc1cccc(CN(C(=O)c2cc(-c3cc(Cl)c(F)cc3C(=O)N3Cc4ccccc4CC3CN3CCOCC3)n(C)c2C)c2ccc(C#N)cc2)c1C. The molecule has 4 aromatic carbocycles. The Morgan fingerprint density at radius 2 is 1.71 bits per heavy atom. The van der Waals surface area contributed by atoms with Crippen LogP contribution in [0.1, 0.15) is 54.2 Å². The number of anilines is 1. The van der Waals surface area contributed by atoms with Gasteiger partial charge in [0.15, 0.2) is 0 Å². The van der Waals surface area contributed by atoms with Crippen LogP contribution in [-0.4, -0.2) is 72.2 Å². The van der Waals surface area contributed by atoms with Crippen LogP contribution in [0.5, 0.6) is 5.75 Å². The molecule has 1 atom stereocenters. The summed E-state index contributed by atoms with van der Waals surface area (Å²) in [5.74, 6) is -0.584. The highest BCUT2D eigenvalue weighted by Gasteiger charge is 2.34. The molecule has 0 bridgehead atoms. The average molecular weight is 760 g/mol. The first-order chi connectivity index (χ1) is 26.6. The van der Waals surface area contributed by atoms with Crippen molar-refractivity contribution in [3.63, 3.8) is 0 Å². The van der Waals surface area contributed by atoms with E-state index in [4.69, 9.17) is 21.1 Å². The van der Waals surface area contributed by atoms with Crippen LogP contribution in [0.2, 0.25) is 5.02 Å². The van der Waals surface area contributed by atoms with Gasteiger partial charge in [-0.25, -0.2) is 4.39 Å². The molecule has 2 aliphatic rings. The quantitative estimate of drug-likeness (QED) is 0.153. The number of aromatic nitrogens is 1. The van der Waals surface area contributed by atoms with Crippen molar-refractivity contribution < 1.29 is 23.5 Å². The second-order valence-corrected chi connectivity index (χ2v) is 14.6. The lowest BCUT2D eigenvalue weighted by Gasteiger charge is -2.40. The van der Waals surface area contributed by atoms with Crippen molar-refractivity contribution in [3.8, 4) is 23.1 Å². The van der Waals surface area contributed by atoms with E-state index in [0.717, 1.165) is 29.8 Å². The standard InChI is InChI=1S/C44H43ClFN5O4/c1-28-32(10-7-11-42(28)54-4)25-50(34-14-12-30(24-47)13-15-34)43(52)36-23-41(48(3)29(36)2)37-21-39(45)40(46)22-38(37)44(53)51-26-33-9-6-5-8-31(33)20-35(51)27-49-16-18-55-19-17-49/h5-15,21-23,35H,16-20,25-27H2,1-4H3. The molecule has 11 heteroatoms. The molecule has 0 N–H and O–H groups in total. The van der Waals surface area contributed by atoms with Gasteiger partial charge in [-0.3, -0.25) is 14.5 Å². The summed E-state index contributed by atoms with van der Waals surface area (Å²) < 4.78 is 28.4. The summed E-state index contributed by atoms with van der Waals surface area (Å²) in [6.45, 7) is 7.89. The van der Waals surface area contributed by atoms with Gasteiger partial charge in [0.1, 0.15) is 11.6 Å². The van der Waals surface area contributed by atoms with Crippen LogP contribution < -0.4 is 9.64 Å². The fraction of sp³-hybridized carbons (Fsp3) is 0.295. The van der Waals surface area contributed by atoms with Crippen LogP contribution in [0.15, 0.2) is 84.9 Å². The minimum atomic E-state index is -0.696. The van der Waals surface area contributed by atoms with E-state index in [1.54, 1.807) is 42.3 Å². The van der Waals surface area contributed by atoms with Crippen LogP contribution in [0.4, 0.5) is 10.1 Å². The molecule has 0 spiro atoms. The van der Waals surface area contributed by atoms with E-state index >= 15 is 4.39 Å². The minimum absolute atomic E-state index is 0.125. The monoisotopic (exact) mass is 759 g/mol. The van der Waals surface area contributed by atoms with Gasteiger partial charge in [0.2, 0.25) is 0 Å². The molecular weight excluding hydrogens is 717 g/mol. The van der Waals surface area contributed by atoms with Crippen molar-refractivity contribution in [1.82, 2.24) is 14.4 Å². The summed E-state index contributed by atoms with van der Waals surface area (Å²) in [5, 5.41) is 9.34. The number of ether oxygens (including phenoxy) is 2. The maximum absolute atomic E-state index is 15.4. The second-order valence-electron chi connectivity index (χ2n) is 14.2. The maximum Gasteiger partial charge on any atom is 0.260 e. The highest BCUT2D eigenvalue weighted by atomic mass is 35.5. The number of carbonyl (C=O) groups excluding carboxylic acids is 2. The van der Waals surface area contributed by atoms with E-state index in [-0.39, 0.29) is 35.0 Å². The summed E-state index contributed by atoms with van der Waals surface area (Å²) in [6, 6.07) is 27.2. The highest BCUT2D eigenvalue weighted by molar-refractivity contribution is 6.31. The van der Waals surface area contributed by atoms with Crippen molar-refractivity contribution in [3.05, 3.63) is 140 Å². The topological polar surface area (TPSA) is 91.0 Å². The number of benzene rings is 4. The van der Waals surface area contributed by atoms with Crippen molar-refractivity contribution in [1.29, 1.82) is 5.26 Å². The molecule has 1 fully saturated rings. The second kappa shape index (κ2) is 16.1. The summed E-state index contributed by atoms with van der Waals surface area (Å²) in [4.78, 5) is 35.4. The van der Waals surface area contributed by atoms with Gasteiger partial charge < -0.3 is 23.8 Å². The third kappa shape index (κ3) is 7.61. The Bertz CT molecular complexity index is 2290. The molecule has 2 aliphatic heterocycles. The van der Waals surface area contributed by atoms with Crippen molar-refractivity contribution in [2.45, 2.75) is 39.4 Å². The van der Waals surface area contributed by atoms with E-state index < -0.39 is 5.82 Å². The number of rotatable bonds is 9. The van der Waals surface area contributed by atoms with Gasteiger partial charge in [-0.1, -0.05) is 48.0 Å². The van der Waals surface area contributed by atoms with Gasteiger partial charge in [-0.05, 0) is 91.1 Å². The Balaban J connectivity index is 1.29. The van der Waals surface area contributed by atoms with Crippen LogP contribution in [-0.2, 0) is 31.3 Å². The molecule has 3 heterocycles. The average Bonchev–Trinajstić information content (AvgIpc) is 3.50. The Kier molecular flexibility index (Phi) is 11.1. The molecule has 1 saturated heterocycles. The first-order valence-electron chi connectivity index (χ1n) is 18.4. The summed E-state index contributed by atoms with van der Waals surface area (Å²) in [7, 11) is 3.43. The Morgan fingerprint density at radius 1 is 0.982 bits per heavy atom. The number of halogens is 2. The van der Waals surface area contributed by atoms with E-state index in [1.165, 1.54) is 17.7 Å². The van der Waals surface area contributed by atoms with Crippen molar-refractivity contribution in [2.75, 3.05) is 44.9 Å². The first kappa shape index (κ1) is 37.8. The number of morpholine rings is 1. The smallest absolute Gasteiger partial charge is 0.260 e. The minimum Gasteiger partial charge on any atom is -0.496 e. The van der Waals surface area contributed by atoms with Gasteiger partial charge >= 0.3 is 0 Å². The predicted octanol–water partition coefficient (Wildman–Crippen LogP) is 7.73. The molecule has 7 rings (SSSR count). The number of carbonyl (C=O) groups is 2. The summed E-state index contributed by atoms with van der Waals surface area (Å²) in [6.07, 6.45) is 0.671. The predicted molar refractivity (Wildman–Crippen MR) is 211 cm³/mol. The lowest BCUT2D eigenvalue weighted by atomic mass is 9.92. The molecule has 9 nitrogen and oxygen atoms in total. The lowest BCUT2D eigenvalue weighted by Crippen LogP contribution is -2.52. The Hall–Kier alpha value is -5.47. The molecule has 1 unspecified atom stereocenters. The molecule has 0 aliphatic carbocycles. The molecule has 0 radical (unpaired) electrons. The van der Waals surface area contributed by atoms with E-state index in [9.17, 15) is 14.9 Å². The van der Waals surface area contributed by atoms with Crippen LogP contribution >= 0.6 is 11.6 Å². The number of hydrogen-bond donors (Lipinski definition) is 0. The molecule has 1 aromatic heterocycles. The third-order valence-corrected chi connectivity index (χ3v) is 11.3. The largest absolute Gasteiger partial charge is 0.496 e. The molecule has 0 saturated carbocycles. The van der Waals surface area contributed by atoms with Crippen LogP contribution in [0.25, 0.3) is 11.3 Å². The highest BCUT2D eigenvalue weighted by Crippen LogP contribution is 2.36. The van der Waals surface area contributed by atoms with Crippen molar-refractivity contribution in [2.24, 2.45) is 7.05 Å².